The fraction of sp³-hybridized carbons (Fsp3) is 0. The predicted octanol–water partition coefficient (Wildman–Crippen LogP) is 14.6. The zero-order valence-electron chi connectivity index (χ0n) is 29.9. The molecule has 0 unspecified atom stereocenters. The summed E-state index contributed by atoms with van der Waals surface area (Å²) in [6.07, 6.45) is 0. The Kier molecular flexibility index (Phi) is 7.17. The molecule has 9 aromatic carbocycles. The lowest BCUT2D eigenvalue weighted by molar-refractivity contribution is 0.672. The summed E-state index contributed by atoms with van der Waals surface area (Å²) in [6, 6.07) is 73.8. The quantitative estimate of drug-likeness (QED) is 0.172. The van der Waals surface area contributed by atoms with E-state index in [1.54, 1.807) is 0 Å². The summed E-state index contributed by atoms with van der Waals surface area (Å²) in [5.41, 5.74) is 13.2. The van der Waals surface area contributed by atoms with E-state index in [2.05, 4.69) is 216 Å². The minimum atomic E-state index is 0.867. The number of rotatable bonds is 6. The molecule has 2 heterocycles. The highest BCUT2D eigenvalue weighted by Gasteiger charge is 2.21. The maximum absolute atomic E-state index is 6.66. The fourth-order valence-corrected chi connectivity index (χ4v) is 8.47. The van der Waals surface area contributed by atoms with Gasteiger partial charge < -0.3 is 13.9 Å². The molecule has 258 valence electrons. The number of fused-ring (bicyclic) bond motifs is 8. The van der Waals surface area contributed by atoms with Crippen LogP contribution in [0.15, 0.2) is 211 Å². The number of hydrogen-bond donors (Lipinski definition) is 0. The third-order valence-corrected chi connectivity index (χ3v) is 11.0. The van der Waals surface area contributed by atoms with Gasteiger partial charge in [0.25, 0.3) is 0 Å². The average Bonchev–Trinajstić information content (AvgIpc) is 3.81. The van der Waals surface area contributed by atoms with Gasteiger partial charge >= 0.3 is 0 Å². The van der Waals surface area contributed by atoms with E-state index >= 15 is 0 Å². The minimum absolute atomic E-state index is 0.867. The number of para-hydroxylation sites is 3. The van der Waals surface area contributed by atoms with Crippen molar-refractivity contribution in [3.8, 4) is 27.9 Å². The molecular formula is C52H34N2O. The Morgan fingerprint density at radius 2 is 0.964 bits per heavy atom. The number of hydrogen-bond acceptors (Lipinski definition) is 2. The summed E-state index contributed by atoms with van der Waals surface area (Å²) < 4.78 is 9.07. The first-order valence-electron chi connectivity index (χ1n) is 18.8. The lowest BCUT2D eigenvalue weighted by Gasteiger charge is -2.27. The molecule has 0 atom stereocenters. The molecule has 11 aromatic rings. The number of benzene rings is 9. The van der Waals surface area contributed by atoms with Crippen LogP contribution in [0.5, 0.6) is 0 Å². The van der Waals surface area contributed by atoms with E-state index in [-0.39, 0.29) is 0 Å². The second-order valence-electron chi connectivity index (χ2n) is 14.1. The van der Waals surface area contributed by atoms with E-state index in [0.717, 1.165) is 55.6 Å². The number of anilines is 3. The molecule has 0 amide bonds. The van der Waals surface area contributed by atoms with Crippen molar-refractivity contribution in [3.05, 3.63) is 206 Å². The number of nitrogens with zero attached hydrogens (tertiary/aromatic N) is 2. The van der Waals surface area contributed by atoms with Crippen LogP contribution in [0.2, 0.25) is 0 Å². The van der Waals surface area contributed by atoms with Crippen LogP contribution in [-0.2, 0) is 0 Å². The summed E-state index contributed by atoms with van der Waals surface area (Å²) in [4.78, 5) is 2.36. The first-order chi connectivity index (χ1) is 27.3. The lowest BCUT2D eigenvalue weighted by Crippen LogP contribution is -2.10. The van der Waals surface area contributed by atoms with E-state index in [0.29, 0.717) is 0 Å². The standard InChI is InChI=1S/C52H34N2O/c1-2-13-35(14-3-1)36-25-30-39(31-26-36)53(49-23-12-24-50-51(49)45-34-29-37-15-4-5-17-42(37)52(45)55-50)40-32-27-38(28-33-40)41-16-6-9-20-46(41)54-47-21-10-7-18-43(47)44-19-8-11-22-48(44)54/h1-34H. The molecule has 3 nitrogen and oxygen atoms in total. The topological polar surface area (TPSA) is 21.3 Å². The summed E-state index contributed by atoms with van der Waals surface area (Å²) in [5, 5.41) is 6.99. The molecule has 0 aliphatic heterocycles. The smallest absolute Gasteiger partial charge is 0.143 e. The van der Waals surface area contributed by atoms with Crippen molar-refractivity contribution >= 4 is 71.6 Å². The van der Waals surface area contributed by atoms with Crippen molar-refractivity contribution in [3.63, 3.8) is 0 Å². The van der Waals surface area contributed by atoms with Gasteiger partial charge in [-0.2, -0.15) is 0 Å². The molecule has 55 heavy (non-hydrogen) atoms. The SMILES string of the molecule is c1ccc(-c2ccc(N(c3ccc(-c4ccccc4-n4c5ccccc5c5ccccc54)cc3)c3cccc4oc5c6ccccc6ccc5c34)cc2)cc1. The van der Waals surface area contributed by atoms with Gasteiger partial charge in [0.2, 0.25) is 0 Å². The van der Waals surface area contributed by atoms with Crippen LogP contribution < -0.4 is 4.90 Å². The van der Waals surface area contributed by atoms with Crippen LogP contribution in [0.3, 0.4) is 0 Å². The minimum Gasteiger partial charge on any atom is -0.455 e. The highest BCUT2D eigenvalue weighted by Crippen LogP contribution is 2.45. The Morgan fingerprint density at radius 1 is 0.382 bits per heavy atom. The van der Waals surface area contributed by atoms with E-state index in [4.69, 9.17) is 4.42 Å². The van der Waals surface area contributed by atoms with Crippen LogP contribution in [-0.4, -0.2) is 4.57 Å². The van der Waals surface area contributed by atoms with Crippen LogP contribution in [0, 0.1) is 0 Å². The molecule has 0 saturated heterocycles. The van der Waals surface area contributed by atoms with Gasteiger partial charge in [-0.15, -0.1) is 0 Å². The van der Waals surface area contributed by atoms with Gasteiger partial charge in [-0.1, -0.05) is 146 Å². The van der Waals surface area contributed by atoms with E-state index in [1.165, 1.54) is 43.9 Å². The largest absolute Gasteiger partial charge is 0.455 e. The van der Waals surface area contributed by atoms with Crippen molar-refractivity contribution in [2.45, 2.75) is 0 Å². The van der Waals surface area contributed by atoms with Crippen molar-refractivity contribution in [2.24, 2.45) is 0 Å². The average molecular weight is 703 g/mol. The predicted molar refractivity (Wildman–Crippen MR) is 231 cm³/mol. The Morgan fingerprint density at radius 3 is 1.69 bits per heavy atom. The van der Waals surface area contributed by atoms with Crippen molar-refractivity contribution in [1.82, 2.24) is 4.57 Å². The second-order valence-corrected chi connectivity index (χ2v) is 14.1. The molecule has 0 aliphatic rings. The van der Waals surface area contributed by atoms with Gasteiger partial charge in [0.15, 0.2) is 0 Å². The van der Waals surface area contributed by atoms with Crippen LogP contribution in [0.25, 0.3) is 82.5 Å². The monoisotopic (exact) mass is 702 g/mol. The third kappa shape index (κ3) is 5.05. The fourth-order valence-electron chi connectivity index (χ4n) is 8.47. The molecule has 0 fully saturated rings. The van der Waals surface area contributed by atoms with E-state index in [9.17, 15) is 0 Å². The first kappa shape index (κ1) is 31.2. The Labute approximate surface area is 318 Å². The molecule has 0 aliphatic carbocycles. The van der Waals surface area contributed by atoms with Crippen molar-refractivity contribution in [1.29, 1.82) is 0 Å². The maximum atomic E-state index is 6.66. The lowest BCUT2D eigenvalue weighted by atomic mass is 10.0. The second kappa shape index (κ2) is 12.6. The number of aromatic nitrogens is 1. The molecule has 3 heteroatoms. The summed E-state index contributed by atoms with van der Waals surface area (Å²) in [7, 11) is 0. The zero-order valence-corrected chi connectivity index (χ0v) is 29.9. The Balaban J connectivity index is 1.08. The van der Waals surface area contributed by atoms with Crippen molar-refractivity contribution in [2.75, 3.05) is 4.90 Å². The molecule has 11 rings (SSSR count). The maximum Gasteiger partial charge on any atom is 0.143 e. The molecule has 2 aromatic heterocycles. The molecule has 0 radical (unpaired) electrons. The van der Waals surface area contributed by atoms with Crippen LogP contribution in [0.1, 0.15) is 0 Å². The van der Waals surface area contributed by atoms with E-state index in [1.807, 2.05) is 0 Å². The van der Waals surface area contributed by atoms with Gasteiger partial charge in [-0.3, -0.25) is 0 Å². The highest BCUT2D eigenvalue weighted by molar-refractivity contribution is 6.19. The summed E-state index contributed by atoms with van der Waals surface area (Å²) in [5.74, 6) is 0. The summed E-state index contributed by atoms with van der Waals surface area (Å²) >= 11 is 0. The molecule has 0 saturated carbocycles. The molecular weight excluding hydrogens is 669 g/mol. The highest BCUT2D eigenvalue weighted by atomic mass is 16.3. The van der Waals surface area contributed by atoms with E-state index < -0.39 is 0 Å². The Bertz CT molecular complexity index is 3140. The van der Waals surface area contributed by atoms with Gasteiger partial charge in [0.05, 0.1) is 27.8 Å². The van der Waals surface area contributed by atoms with Crippen molar-refractivity contribution < 1.29 is 4.42 Å². The normalized spacial score (nSPS) is 11.6. The third-order valence-electron chi connectivity index (χ3n) is 11.0. The van der Waals surface area contributed by atoms with Gasteiger partial charge in [0, 0.05) is 38.5 Å². The van der Waals surface area contributed by atoms with Gasteiger partial charge in [0.1, 0.15) is 11.2 Å². The summed E-state index contributed by atoms with van der Waals surface area (Å²) in [6.45, 7) is 0. The van der Waals surface area contributed by atoms with Crippen LogP contribution >= 0.6 is 0 Å². The number of furan rings is 1. The molecule has 0 spiro atoms. The van der Waals surface area contributed by atoms with Gasteiger partial charge in [-0.25, -0.2) is 0 Å². The zero-order chi connectivity index (χ0) is 36.3. The molecule has 0 bridgehead atoms. The Hall–Kier alpha value is -7.36. The first-order valence-corrected chi connectivity index (χ1v) is 18.8. The van der Waals surface area contributed by atoms with Crippen LogP contribution in [0.4, 0.5) is 17.1 Å². The molecule has 0 N–H and O–H groups in total. The van der Waals surface area contributed by atoms with Gasteiger partial charge in [-0.05, 0) is 82.7 Å².